The number of amides is 1. The second-order valence-corrected chi connectivity index (χ2v) is 10.7. The third kappa shape index (κ3) is 5.05. The van der Waals surface area contributed by atoms with Crippen LogP contribution < -0.4 is 21.3 Å². The molecule has 0 radical (unpaired) electrons. The first-order chi connectivity index (χ1) is 16.9. The summed E-state index contributed by atoms with van der Waals surface area (Å²) in [6.45, 7) is 5.93. The topological polar surface area (TPSA) is 113 Å². The van der Waals surface area contributed by atoms with Crippen molar-refractivity contribution >= 4 is 45.0 Å². The Hall–Kier alpha value is -3.51. The fraction of sp³-hybridized carbons (Fsp3) is 0.348. The van der Waals surface area contributed by atoms with Gasteiger partial charge in [-0.2, -0.15) is 5.10 Å². The molecule has 190 valence electrons. The van der Waals surface area contributed by atoms with E-state index in [9.17, 15) is 18.8 Å². The minimum absolute atomic E-state index is 0.0193. The van der Waals surface area contributed by atoms with Crippen LogP contribution in [0.4, 0.5) is 9.52 Å². The van der Waals surface area contributed by atoms with Crippen molar-refractivity contribution in [1.82, 2.24) is 23.9 Å². The molecular formula is C23H24ClFN6O4S. The fourth-order valence-corrected chi connectivity index (χ4v) is 4.43. The molecule has 0 bridgehead atoms. The summed E-state index contributed by atoms with van der Waals surface area (Å²) in [7, 11) is 2.88. The van der Waals surface area contributed by atoms with Gasteiger partial charge in [-0.3, -0.25) is 18.7 Å². The van der Waals surface area contributed by atoms with Crippen molar-refractivity contribution in [3.8, 4) is 17.0 Å². The van der Waals surface area contributed by atoms with Crippen molar-refractivity contribution in [3.63, 3.8) is 0 Å². The van der Waals surface area contributed by atoms with Gasteiger partial charge in [0.25, 0.3) is 5.56 Å². The van der Waals surface area contributed by atoms with Crippen LogP contribution in [0.3, 0.4) is 0 Å². The molecule has 36 heavy (non-hydrogen) atoms. The van der Waals surface area contributed by atoms with Gasteiger partial charge in [-0.15, -0.1) is 11.3 Å². The maximum Gasteiger partial charge on any atom is 0.331 e. The molecule has 0 spiro atoms. The zero-order valence-corrected chi connectivity index (χ0v) is 21.8. The molecule has 0 fully saturated rings. The zero-order valence-electron chi connectivity index (χ0n) is 20.3. The van der Waals surface area contributed by atoms with E-state index >= 15 is 0 Å². The monoisotopic (exact) mass is 534 g/mol. The Balaban J connectivity index is 1.51. The summed E-state index contributed by atoms with van der Waals surface area (Å²) in [5, 5.41) is 8.79. The van der Waals surface area contributed by atoms with Gasteiger partial charge in [-0.1, -0.05) is 32.4 Å². The van der Waals surface area contributed by atoms with E-state index in [1.807, 2.05) is 20.8 Å². The Morgan fingerprint density at radius 1 is 1.22 bits per heavy atom. The van der Waals surface area contributed by atoms with Crippen molar-refractivity contribution in [2.75, 3.05) is 11.9 Å². The Labute approximate surface area is 213 Å². The van der Waals surface area contributed by atoms with Gasteiger partial charge in [0.15, 0.2) is 22.2 Å². The third-order valence-corrected chi connectivity index (χ3v) is 6.29. The van der Waals surface area contributed by atoms with Crippen molar-refractivity contribution in [2.45, 2.75) is 27.3 Å². The third-order valence-electron chi connectivity index (χ3n) is 5.25. The number of aryl methyl sites for hydroxylation is 1. The normalized spacial score (nSPS) is 11.8. The molecule has 0 saturated carbocycles. The smallest absolute Gasteiger partial charge is 0.331 e. The maximum atomic E-state index is 14.7. The van der Waals surface area contributed by atoms with Crippen LogP contribution in [0, 0.1) is 11.2 Å². The maximum absolute atomic E-state index is 14.7. The highest BCUT2D eigenvalue weighted by Crippen LogP contribution is 2.35. The lowest BCUT2D eigenvalue weighted by Crippen LogP contribution is -2.37. The molecule has 3 heterocycles. The average molecular weight is 535 g/mol. The number of hydrogen-bond donors (Lipinski definition) is 1. The number of thiazole rings is 1. The molecule has 0 aliphatic heterocycles. The number of nitrogens with zero attached hydrogens (tertiary/aromatic N) is 5. The molecular weight excluding hydrogens is 511 g/mol. The van der Waals surface area contributed by atoms with Crippen LogP contribution >= 0.6 is 22.9 Å². The van der Waals surface area contributed by atoms with Gasteiger partial charge in [0.2, 0.25) is 5.91 Å². The van der Waals surface area contributed by atoms with Crippen molar-refractivity contribution in [1.29, 1.82) is 0 Å². The summed E-state index contributed by atoms with van der Waals surface area (Å²) in [4.78, 5) is 41.6. The Bertz CT molecular complexity index is 1570. The first-order valence-corrected chi connectivity index (χ1v) is 12.1. The van der Waals surface area contributed by atoms with Crippen molar-refractivity contribution < 1.29 is 13.9 Å². The van der Waals surface area contributed by atoms with Crippen LogP contribution in [-0.4, -0.2) is 36.4 Å². The molecule has 0 aliphatic rings. The molecule has 0 saturated heterocycles. The molecule has 0 unspecified atom stereocenters. The first-order valence-electron chi connectivity index (χ1n) is 10.8. The second-order valence-electron chi connectivity index (χ2n) is 9.45. The molecule has 1 N–H and O–H groups in total. The number of hydrogen-bond acceptors (Lipinski definition) is 7. The molecule has 4 aromatic rings. The average Bonchev–Trinajstić information content (AvgIpc) is 3.42. The Morgan fingerprint density at radius 2 is 1.94 bits per heavy atom. The molecule has 0 aliphatic carbocycles. The van der Waals surface area contributed by atoms with E-state index in [1.165, 1.54) is 35.6 Å². The highest BCUT2D eigenvalue weighted by atomic mass is 35.5. The molecule has 4 rings (SSSR count). The molecule has 13 heteroatoms. The van der Waals surface area contributed by atoms with E-state index in [1.54, 1.807) is 11.4 Å². The molecule has 3 aromatic heterocycles. The first kappa shape index (κ1) is 25.6. The van der Waals surface area contributed by atoms with Crippen LogP contribution in [-0.2, 0) is 25.4 Å². The minimum Gasteiger partial charge on any atom is -0.488 e. The molecule has 1 amide bonds. The molecule has 1 aromatic carbocycles. The van der Waals surface area contributed by atoms with E-state index in [0.717, 1.165) is 15.9 Å². The lowest BCUT2D eigenvalue weighted by Gasteiger charge is -2.20. The predicted octanol–water partition coefficient (Wildman–Crippen LogP) is 3.41. The highest BCUT2D eigenvalue weighted by molar-refractivity contribution is 7.14. The lowest BCUT2D eigenvalue weighted by molar-refractivity contribution is -0.116. The van der Waals surface area contributed by atoms with E-state index in [4.69, 9.17) is 16.3 Å². The predicted molar refractivity (Wildman–Crippen MR) is 136 cm³/mol. The van der Waals surface area contributed by atoms with Gasteiger partial charge in [0, 0.05) is 25.0 Å². The lowest BCUT2D eigenvalue weighted by atomic mass is 9.99. The summed E-state index contributed by atoms with van der Waals surface area (Å²) in [6, 6.07) is 2.83. The summed E-state index contributed by atoms with van der Waals surface area (Å²) in [5.74, 6) is -1.11. The summed E-state index contributed by atoms with van der Waals surface area (Å²) >= 11 is 7.41. The number of fused-ring (bicyclic) bond motifs is 1. The van der Waals surface area contributed by atoms with Crippen LogP contribution in [0.2, 0.25) is 5.02 Å². The van der Waals surface area contributed by atoms with E-state index in [-0.39, 0.29) is 33.4 Å². The Kier molecular flexibility index (Phi) is 6.76. The fourth-order valence-electron chi connectivity index (χ4n) is 3.43. The van der Waals surface area contributed by atoms with Gasteiger partial charge in [0.1, 0.15) is 6.54 Å². The van der Waals surface area contributed by atoms with Gasteiger partial charge >= 0.3 is 5.69 Å². The van der Waals surface area contributed by atoms with Gasteiger partial charge < -0.3 is 10.1 Å². The highest BCUT2D eigenvalue weighted by Gasteiger charge is 2.19. The number of aromatic nitrogens is 5. The van der Waals surface area contributed by atoms with Crippen LogP contribution in [0.5, 0.6) is 5.75 Å². The number of halogens is 2. The largest absolute Gasteiger partial charge is 0.488 e. The van der Waals surface area contributed by atoms with Crippen molar-refractivity contribution in [3.05, 3.63) is 55.4 Å². The van der Waals surface area contributed by atoms with Crippen molar-refractivity contribution in [2.24, 2.45) is 19.5 Å². The Morgan fingerprint density at radius 3 is 2.61 bits per heavy atom. The van der Waals surface area contributed by atoms with Gasteiger partial charge in [-0.25, -0.2) is 18.9 Å². The quantitative estimate of drug-likeness (QED) is 0.405. The summed E-state index contributed by atoms with van der Waals surface area (Å²) < 4.78 is 23.7. The number of ether oxygens (including phenoxy) is 1. The SMILES string of the molecule is Cn1c(=O)c2c(cnn2CC(=O)Nc2nc(-c3cc(F)c(OCC(C)(C)C)c(Cl)c3)cs2)n(C)c1=O. The zero-order chi connectivity index (χ0) is 26.4. The summed E-state index contributed by atoms with van der Waals surface area (Å²) in [6.07, 6.45) is 1.36. The number of benzene rings is 1. The van der Waals surface area contributed by atoms with Gasteiger partial charge in [0.05, 0.1) is 29.0 Å². The van der Waals surface area contributed by atoms with E-state index < -0.39 is 23.0 Å². The molecule has 0 atom stereocenters. The number of anilines is 1. The number of nitrogens with one attached hydrogen (secondary N) is 1. The van der Waals surface area contributed by atoms with Crippen LogP contribution in [0.25, 0.3) is 22.3 Å². The number of carbonyl (C=O) groups excluding carboxylic acids is 1. The molecule has 10 nitrogen and oxygen atoms in total. The van der Waals surface area contributed by atoms with Crippen LogP contribution in [0.15, 0.2) is 33.3 Å². The van der Waals surface area contributed by atoms with E-state index in [0.29, 0.717) is 23.4 Å². The number of carbonyl (C=O) groups is 1. The van der Waals surface area contributed by atoms with Crippen LogP contribution in [0.1, 0.15) is 20.8 Å². The second kappa shape index (κ2) is 9.51. The van der Waals surface area contributed by atoms with E-state index in [2.05, 4.69) is 15.4 Å². The summed E-state index contributed by atoms with van der Waals surface area (Å²) in [5.41, 5.74) is 0.102. The number of rotatable bonds is 6. The minimum atomic E-state index is -0.609. The standard InChI is InChI=1S/C23H24ClFN6O4S/c1-23(2,3)11-35-19-13(24)6-12(7-14(19)25)15-10-36-21(27-15)28-17(32)9-31-18-16(8-26-31)29(4)22(34)30(5)20(18)33/h6-8,10H,9,11H2,1-5H3,(H,27,28,32). The van der Waals surface area contributed by atoms with Gasteiger partial charge in [-0.05, 0) is 17.5 Å².